The summed E-state index contributed by atoms with van der Waals surface area (Å²) < 4.78 is 5.84. The smallest absolute Gasteiger partial charge is 0.285 e. The summed E-state index contributed by atoms with van der Waals surface area (Å²) in [5.41, 5.74) is 0.895. The van der Waals surface area contributed by atoms with Crippen LogP contribution in [0.4, 0.5) is 11.4 Å². The molecule has 0 atom stereocenters. The second kappa shape index (κ2) is 6.34. The Hall–Kier alpha value is -1.14. The van der Waals surface area contributed by atoms with Crippen molar-refractivity contribution in [2.45, 2.75) is 37.8 Å². The molecule has 0 aromatic heterocycles. The molecule has 1 aliphatic carbocycles. The zero-order chi connectivity index (χ0) is 13.8. The van der Waals surface area contributed by atoms with Crippen LogP contribution < -0.4 is 5.32 Å². The summed E-state index contributed by atoms with van der Waals surface area (Å²) in [6.45, 7) is 0. The van der Waals surface area contributed by atoms with Crippen LogP contribution in [0.3, 0.4) is 0 Å². The van der Waals surface area contributed by atoms with Crippen molar-refractivity contribution >= 4 is 27.3 Å². The van der Waals surface area contributed by atoms with E-state index in [4.69, 9.17) is 4.74 Å². The standard InChI is InChI=1S/C13H17BrN2O3/c1-19-11-5-2-9(3-6-11)15-10-4-7-12(14)13(8-10)16(17)18/h4,7-9,11,15H,2-3,5-6H2,1H3. The molecule has 1 N–H and O–H groups in total. The van der Waals surface area contributed by atoms with Crippen molar-refractivity contribution in [2.75, 3.05) is 12.4 Å². The highest BCUT2D eigenvalue weighted by Gasteiger charge is 2.21. The predicted molar refractivity (Wildman–Crippen MR) is 77.5 cm³/mol. The number of benzene rings is 1. The number of nitrogens with zero attached hydrogens (tertiary/aromatic N) is 1. The van der Waals surface area contributed by atoms with E-state index >= 15 is 0 Å². The first kappa shape index (κ1) is 14.3. The van der Waals surface area contributed by atoms with Crippen molar-refractivity contribution in [3.63, 3.8) is 0 Å². The molecule has 5 nitrogen and oxygen atoms in total. The van der Waals surface area contributed by atoms with Gasteiger partial charge in [0.15, 0.2) is 0 Å². The molecule has 1 aliphatic rings. The molecule has 1 aromatic rings. The number of methoxy groups -OCH3 is 1. The van der Waals surface area contributed by atoms with Crippen LogP contribution in [0, 0.1) is 10.1 Å². The highest BCUT2D eigenvalue weighted by Crippen LogP contribution is 2.30. The molecule has 1 fully saturated rings. The number of nitro benzene ring substituents is 1. The highest BCUT2D eigenvalue weighted by molar-refractivity contribution is 9.10. The first-order chi connectivity index (χ1) is 9.10. The Morgan fingerprint density at radius 1 is 1.37 bits per heavy atom. The quantitative estimate of drug-likeness (QED) is 0.675. The number of hydrogen-bond donors (Lipinski definition) is 1. The summed E-state index contributed by atoms with van der Waals surface area (Å²) in [5.74, 6) is 0. The van der Waals surface area contributed by atoms with Crippen LogP contribution in [0.5, 0.6) is 0 Å². The maximum absolute atomic E-state index is 10.9. The van der Waals surface area contributed by atoms with Crippen LogP contribution in [-0.2, 0) is 4.74 Å². The van der Waals surface area contributed by atoms with Crippen molar-refractivity contribution in [1.82, 2.24) is 0 Å². The van der Waals surface area contributed by atoms with Gasteiger partial charge in [-0.15, -0.1) is 0 Å². The third kappa shape index (κ3) is 3.67. The third-order valence-electron chi connectivity index (χ3n) is 3.52. The van der Waals surface area contributed by atoms with Gasteiger partial charge in [-0.1, -0.05) is 0 Å². The molecule has 6 heteroatoms. The van der Waals surface area contributed by atoms with Gasteiger partial charge >= 0.3 is 0 Å². The Balaban J connectivity index is 2.00. The van der Waals surface area contributed by atoms with Crippen molar-refractivity contribution in [3.05, 3.63) is 32.8 Å². The first-order valence-corrected chi connectivity index (χ1v) is 7.12. The molecule has 0 aliphatic heterocycles. The largest absolute Gasteiger partial charge is 0.382 e. The van der Waals surface area contributed by atoms with E-state index in [9.17, 15) is 10.1 Å². The zero-order valence-corrected chi connectivity index (χ0v) is 12.4. The van der Waals surface area contributed by atoms with Crippen LogP contribution >= 0.6 is 15.9 Å². The fourth-order valence-electron chi connectivity index (χ4n) is 2.42. The number of hydrogen-bond acceptors (Lipinski definition) is 4. The number of nitrogens with one attached hydrogen (secondary N) is 1. The predicted octanol–water partition coefficient (Wildman–Crippen LogP) is 3.73. The van der Waals surface area contributed by atoms with Gasteiger partial charge in [0.05, 0.1) is 15.5 Å². The Bertz CT molecular complexity index is 459. The van der Waals surface area contributed by atoms with Crippen LogP contribution in [-0.4, -0.2) is 24.2 Å². The Labute approximate surface area is 120 Å². The van der Waals surface area contributed by atoms with Crippen LogP contribution in [0.25, 0.3) is 0 Å². The first-order valence-electron chi connectivity index (χ1n) is 6.33. The summed E-state index contributed by atoms with van der Waals surface area (Å²) >= 11 is 3.19. The number of nitro groups is 1. The van der Waals surface area contributed by atoms with E-state index in [1.165, 1.54) is 0 Å². The summed E-state index contributed by atoms with van der Waals surface area (Å²) in [5, 5.41) is 14.2. The maximum Gasteiger partial charge on any atom is 0.285 e. The Morgan fingerprint density at radius 2 is 2.05 bits per heavy atom. The van der Waals surface area contributed by atoms with Gasteiger partial charge in [0.25, 0.3) is 5.69 Å². The molecule has 1 aromatic carbocycles. The monoisotopic (exact) mass is 328 g/mol. The molecule has 0 unspecified atom stereocenters. The van der Waals surface area contributed by atoms with Crippen molar-refractivity contribution in [3.8, 4) is 0 Å². The van der Waals surface area contributed by atoms with E-state index in [2.05, 4.69) is 21.2 Å². The van der Waals surface area contributed by atoms with E-state index in [1.807, 2.05) is 6.07 Å². The Morgan fingerprint density at radius 3 is 2.63 bits per heavy atom. The lowest BCUT2D eigenvalue weighted by Crippen LogP contribution is -2.29. The Kier molecular flexibility index (Phi) is 4.76. The van der Waals surface area contributed by atoms with E-state index in [1.54, 1.807) is 19.2 Å². The summed E-state index contributed by atoms with van der Waals surface area (Å²) in [6, 6.07) is 5.51. The average Bonchev–Trinajstić information content (AvgIpc) is 2.41. The molecule has 0 heterocycles. The number of ether oxygens (including phenoxy) is 1. The summed E-state index contributed by atoms with van der Waals surface area (Å²) in [4.78, 5) is 10.5. The van der Waals surface area contributed by atoms with Gasteiger partial charge in [0.1, 0.15) is 0 Å². The van der Waals surface area contributed by atoms with Crippen LogP contribution in [0.2, 0.25) is 0 Å². The van der Waals surface area contributed by atoms with Crippen molar-refractivity contribution < 1.29 is 9.66 Å². The van der Waals surface area contributed by atoms with Gasteiger partial charge in [-0.2, -0.15) is 0 Å². The average molecular weight is 329 g/mol. The van der Waals surface area contributed by atoms with Crippen molar-refractivity contribution in [2.24, 2.45) is 0 Å². The van der Waals surface area contributed by atoms with E-state index in [0.29, 0.717) is 16.6 Å². The third-order valence-corrected chi connectivity index (χ3v) is 4.19. The van der Waals surface area contributed by atoms with E-state index in [-0.39, 0.29) is 10.6 Å². The molecule has 19 heavy (non-hydrogen) atoms. The van der Waals surface area contributed by atoms with Gasteiger partial charge in [-0.05, 0) is 53.7 Å². The molecular weight excluding hydrogens is 312 g/mol. The highest BCUT2D eigenvalue weighted by atomic mass is 79.9. The van der Waals surface area contributed by atoms with Gasteiger partial charge < -0.3 is 10.1 Å². The lowest BCUT2D eigenvalue weighted by molar-refractivity contribution is -0.385. The molecule has 0 radical (unpaired) electrons. The number of halogens is 1. The lowest BCUT2D eigenvalue weighted by atomic mass is 9.93. The molecule has 2 rings (SSSR count). The SMILES string of the molecule is COC1CCC(Nc2ccc(Br)c([N+](=O)[O-])c2)CC1. The van der Waals surface area contributed by atoms with Gasteiger partial charge in [0, 0.05) is 24.9 Å². The number of anilines is 1. The summed E-state index contributed by atoms with van der Waals surface area (Å²) in [6.07, 6.45) is 4.49. The minimum atomic E-state index is -0.378. The molecule has 0 spiro atoms. The van der Waals surface area contributed by atoms with Crippen LogP contribution in [0.15, 0.2) is 22.7 Å². The summed E-state index contributed by atoms with van der Waals surface area (Å²) in [7, 11) is 1.75. The van der Waals surface area contributed by atoms with Gasteiger partial charge in [-0.3, -0.25) is 10.1 Å². The van der Waals surface area contributed by atoms with Crippen molar-refractivity contribution in [1.29, 1.82) is 0 Å². The minimum Gasteiger partial charge on any atom is -0.382 e. The minimum absolute atomic E-state index is 0.0931. The molecule has 1 saturated carbocycles. The molecule has 0 bridgehead atoms. The van der Waals surface area contributed by atoms with Gasteiger partial charge in [-0.25, -0.2) is 0 Å². The maximum atomic E-state index is 10.9. The topological polar surface area (TPSA) is 64.4 Å². The second-order valence-electron chi connectivity index (χ2n) is 4.78. The molecular formula is C13H17BrN2O3. The second-order valence-corrected chi connectivity index (χ2v) is 5.63. The van der Waals surface area contributed by atoms with E-state index in [0.717, 1.165) is 31.4 Å². The zero-order valence-electron chi connectivity index (χ0n) is 10.8. The number of rotatable bonds is 4. The normalized spacial score (nSPS) is 23.1. The van der Waals surface area contributed by atoms with Gasteiger partial charge in [0.2, 0.25) is 0 Å². The molecule has 0 saturated heterocycles. The van der Waals surface area contributed by atoms with Crippen LogP contribution in [0.1, 0.15) is 25.7 Å². The molecule has 0 amide bonds. The fraction of sp³-hybridized carbons (Fsp3) is 0.538. The fourth-order valence-corrected chi connectivity index (χ4v) is 2.81. The van der Waals surface area contributed by atoms with E-state index < -0.39 is 0 Å². The molecule has 104 valence electrons. The lowest BCUT2D eigenvalue weighted by Gasteiger charge is -2.28.